The minimum Gasteiger partial charge on any atom is -0.465 e. The van der Waals surface area contributed by atoms with Crippen molar-refractivity contribution in [3.63, 3.8) is 0 Å². The second-order valence-electron chi connectivity index (χ2n) is 5.30. The number of nitrogens with two attached hydrogens (primary N) is 1. The van der Waals surface area contributed by atoms with Crippen LogP contribution in [-0.4, -0.2) is 47.8 Å². The third-order valence-electron chi connectivity index (χ3n) is 3.39. The molecule has 0 aromatic rings. The van der Waals surface area contributed by atoms with Gasteiger partial charge in [0.25, 0.3) is 0 Å². The number of ether oxygens (including phenoxy) is 3. The molecule has 1 aliphatic heterocycles. The molecule has 6 nitrogen and oxygen atoms in total. The van der Waals surface area contributed by atoms with Crippen molar-refractivity contribution in [2.75, 3.05) is 6.61 Å². The van der Waals surface area contributed by atoms with Gasteiger partial charge in [-0.25, -0.2) is 0 Å². The fraction of sp³-hybridized carbons (Fsp3) is 0.769. The normalized spacial score (nSPS) is 37.7. The van der Waals surface area contributed by atoms with Gasteiger partial charge < -0.3 is 25.1 Å². The maximum atomic E-state index is 11.6. The number of rotatable bonds is 3. The SMILES string of the molecule is CCOC(=O)[C@@H](N)[C@H]1C=C[C@H]2OC(C)(C)O[C@H]2[C@@H]1O. The molecule has 0 aromatic carbocycles. The molecule has 0 spiro atoms. The van der Waals surface area contributed by atoms with Crippen molar-refractivity contribution in [1.29, 1.82) is 0 Å². The quantitative estimate of drug-likeness (QED) is 0.552. The highest BCUT2D eigenvalue weighted by Crippen LogP contribution is 2.36. The van der Waals surface area contributed by atoms with Crippen LogP contribution in [0, 0.1) is 5.92 Å². The molecule has 0 aromatic heterocycles. The lowest BCUT2D eigenvalue weighted by molar-refractivity contribution is -0.158. The van der Waals surface area contributed by atoms with Gasteiger partial charge in [-0.1, -0.05) is 12.2 Å². The molecule has 0 unspecified atom stereocenters. The van der Waals surface area contributed by atoms with E-state index < -0.39 is 35.9 Å². The van der Waals surface area contributed by atoms with E-state index in [0.29, 0.717) is 0 Å². The first-order valence-electron chi connectivity index (χ1n) is 6.50. The number of aliphatic hydroxyl groups excluding tert-OH is 1. The third kappa shape index (κ3) is 2.81. The van der Waals surface area contributed by atoms with E-state index in [0.717, 1.165) is 0 Å². The Bertz CT molecular complexity index is 381. The topological polar surface area (TPSA) is 91.0 Å². The Morgan fingerprint density at radius 1 is 1.47 bits per heavy atom. The predicted molar refractivity (Wildman–Crippen MR) is 67.1 cm³/mol. The zero-order valence-corrected chi connectivity index (χ0v) is 11.4. The lowest BCUT2D eigenvalue weighted by Crippen LogP contribution is -2.51. The summed E-state index contributed by atoms with van der Waals surface area (Å²) in [5.41, 5.74) is 5.84. The molecule has 2 rings (SSSR count). The summed E-state index contributed by atoms with van der Waals surface area (Å²) in [5.74, 6) is -1.80. The highest BCUT2D eigenvalue weighted by molar-refractivity contribution is 5.76. The van der Waals surface area contributed by atoms with Crippen LogP contribution in [0.3, 0.4) is 0 Å². The van der Waals surface area contributed by atoms with Gasteiger partial charge >= 0.3 is 5.97 Å². The van der Waals surface area contributed by atoms with Gasteiger partial charge in [-0.15, -0.1) is 0 Å². The Labute approximate surface area is 112 Å². The minimum absolute atomic E-state index is 0.262. The summed E-state index contributed by atoms with van der Waals surface area (Å²) in [4.78, 5) is 11.6. The van der Waals surface area contributed by atoms with Crippen LogP contribution in [0.2, 0.25) is 0 Å². The molecular weight excluding hydrogens is 250 g/mol. The summed E-state index contributed by atoms with van der Waals surface area (Å²) in [6.45, 7) is 5.54. The molecule has 0 saturated carbocycles. The molecule has 19 heavy (non-hydrogen) atoms. The smallest absolute Gasteiger partial charge is 0.323 e. The van der Waals surface area contributed by atoms with Crippen molar-refractivity contribution in [2.45, 2.75) is 50.9 Å². The maximum Gasteiger partial charge on any atom is 0.323 e. The fourth-order valence-electron chi connectivity index (χ4n) is 2.53. The summed E-state index contributed by atoms with van der Waals surface area (Å²) in [7, 11) is 0. The van der Waals surface area contributed by atoms with Crippen LogP contribution in [0.15, 0.2) is 12.2 Å². The van der Waals surface area contributed by atoms with E-state index in [1.165, 1.54) is 0 Å². The standard InChI is InChI=1S/C13H21NO5/c1-4-17-12(16)9(14)7-5-6-8-11(10(7)15)19-13(2,3)18-8/h5-11,15H,4,14H2,1-3H3/t7-,8-,9+,10-,11-/m1/s1. The summed E-state index contributed by atoms with van der Waals surface area (Å²) < 4.78 is 16.2. The van der Waals surface area contributed by atoms with Crippen LogP contribution in [0.4, 0.5) is 0 Å². The molecule has 6 heteroatoms. The van der Waals surface area contributed by atoms with Gasteiger partial charge in [-0.05, 0) is 20.8 Å². The maximum absolute atomic E-state index is 11.6. The number of carbonyl (C=O) groups excluding carboxylic acids is 1. The summed E-state index contributed by atoms with van der Waals surface area (Å²) >= 11 is 0. The molecule has 0 amide bonds. The van der Waals surface area contributed by atoms with Gasteiger partial charge in [0.2, 0.25) is 0 Å². The van der Waals surface area contributed by atoms with E-state index in [4.69, 9.17) is 19.9 Å². The van der Waals surface area contributed by atoms with Gasteiger partial charge in [0.1, 0.15) is 18.2 Å². The zero-order chi connectivity index (χ0) is 14.2. The van der Waals surface area contributed by atoms with Crippen LogP contribution >= 0.6 is 0 Å². The van der Waals surface area contributed by atoms with Crippen molar-refractivity contribution < 1.29 is 24.1 Å². The van der Waals surface area contributed by atoms with E-state index in [2.05, 4.69) is 0 Å². The van der Waals surface area contributed by atoms with Gasteiger partial charge in [0, 0.05) is 5.92 Å². The lowest BCUT2D eigenvalue weighted by Gasteiger charge is -2.32. The van der Waals surface area contributed by atoms with Gasteiger partial charge in [0.15, 0.2) is 5.79 Å². The van der Waals surface area contributed by atoms with Crippen molar-refractivity contribution in [3.05, 3.63) is 12.2 Å². The Balaban J connectivity index is 2.10. The fourth-order valence-corrected chi connectivity index (χ4v) is 2.53. The average Bonchev–Trinajstić information content (AvgIpc) is 2.65. The predicted octanol–water partition coefficient (Wildman–Crippen LogP) is -0.0562. The van der Waals surface area contributed by atoms with Crippen LogP contribution in [0.5, 0.6) is 0 Å². The second kappa shape index (κ2) is 5.20. The molecule has 5 atom stereocenters. The number of esters is 1. The van der Waals surface area contributed by atoms with Crippen LogP contribution in [0.25, 0.3) is 0 Å². The van der Waals surface area contributed by atoms with E-state index in [1.54, 1.807) is 32.9 Å². The van der Waals surface area contributed by atoms with Crippen molar-refractivity contribution in [3.8, 4) is 0 Å². The van der Waals surface area contributed by atoms with Crippen LogP contribution in [-0.2, 0) is 19.0 Å². The molecule has 1 aliphatic carbocycles. The first-order valence-corrected chi connectivity index (χ1v) is 6.50. The monoisotopic (exact) mass is 271 g/mol. The molecule has 0 radical (unpaired) electrons. The number of hydrogen-bond acceptors (Lipinski definition) is 6. The van der Waals surface area contributed by atoms with E-state index >= 15 is 0 Å². The van der Waals surface area contributed by atoms with Gasteiger partial charge in [0.05, 0.1) is 12.7 Å². The largest absolute Gasteiger partial charge is 0.465 e. The lowest BCUT2D eigenvalue weighted by atomic mass is 9.84. The number of carbonyl (C=O) groups is 1. The minimum atomic E-state index is -0.903. The highest BCUT2D eigenvalue weighted by Gasteiger charge is 2.49. The summed E-state index contributed by atoms with van der Waals surface area (Å²) in [5, 5.41) is 10.3. The molecule has 1 saturated heterocycles. The van der Waals surface area contributed by atoms with Crippen LogP contribution < -0.4 is 5.73 Å². The van der Waals surface area contributed by atoms with E-state index in [-0.39, 0.29) is 12.7 Å². The van der Waals surface area contributed by atoms with Crippen molar-refractivity contribution in [2.24, 2.45) is 11.7 Å². The average molecular weight is 271 g/mol. The molecule has 1 fully saturated rings. The zero-order valence-electron chi connectivity index (χ0n) is 11.4. The Morgan fingerprint density at radius 3 is 2.79 bits per heavy atom. The van der Waals surface area contributed by atoms with E-state index in [1.807, 2.05) is 0 Å². The highest BCUT2D eigenvalue weighted by atomic mass is 16.8. The van der Waals surface area contributed by atoms with Crippen molar-refractivity contribution in [1.82, 2.24) is 0 Å². The first kappa shape index (κ1) is 14.5. The summed E-state index contributed by atoms with van der Waals surface area (Å²) in [6, 6.07) is -0.903. The van der Waals surface area contributed by atoms with E-state index in [9.17, 15) is 9.90 Å². The molecule has 0 bridgehead atoms. The molecular formula is C13H21NO5. The van der Waals surface area contributed by atoms with Gasteiger partial charge in [-0.3, -0.25) is 4.79 Å². The van der Waals surface area contributed by atoms with Crippen LogP contribution in [0.1, 0.15) is 20.8 Å². The second-order valence-corrected chi connectivity index (χ2v) is 5.30. The summed E-state index contributed by atoms with van der Waals surface area (Å²) in [6.07, 6.45) is 1.78. The molecule has 108 valence electrons. The molecule has 1 heterocycles. The number of fused-ring (bicyclic) bond motifs is 1. The third-order valence-corrected chi connectivity index (χ3v) is 3.39. The Morgan fingerprint density at radius 2 is 2.16 bits per heavy atom. The Hall–Kier alpha value is -0.950. The number of hydrogen-bond donors (Lipinski definition) is 2. The Kier molecular flexibility index (Phi) is 3.96. The first-order chi connectivity index (χ1) is 8.85. The number of aliphatic hydroxyl groups is 1. The van der Waals surface area contributed by atoms with Gasteiger partial charge in [-0.2, -0.15) is 0 Å². The molecule has 3 N–H and O–H groups in total. The molecule has 2 aliphatic rings. The van der Waals surface area contributed by atoms with Crippen molar-refractivity contribution >= 4 is 5.97 Å².